The van der Waals surface area contributed by atoms with E-state index in [-0.39, 0.29) is 24.2 Å². The van der Waals surface area contributed by atoms with E-state index in [0.717, 1.165) is 0 Å². The number of nitro benzene ring substituents is 1. The fourth-order valence-electron chi connectivity index (χ4n) is 1.46. The fourth-order valence-corrected chi connectivity index (χ4v) is 1.88. The highest BCUT2D eigenvalue weighted by Crippen LogP contribution is 2.23. The fraction of sp³-hybridized carbons (Fsp3) is 0.333. The summed E-state index contributed by atoms with van der Waals surface area (Å²) in [5.41, 5.74) is 0.00415. The van der Waals surface area contributed by atoms with E-state index < -0.39 is 16.8 Å². The van der Waals surface area contributed by atoms with Gasteiger partial charge in [0.25, 0.3) is 11.6 Å². The second-order valence-electron chi connectivity index (χ2n) is 3.97. The number of non-ortho nitro benzene ring substituents is 1. The second-order valence-corrected chi connectivity index (χ2v) is 4.83. The first-order valence-electron chi connectivity index (χ1n) is 5.63. The monoisotopic (exact) mass is 344 g/mol. The normalized spacial score (nSPS) is 9.95. The molecule has 0 saturated carbocycles. The Morgan fingerprint density at radius 3 is 2.65 bits per heavy atom. The van der Waals surface area contributed by atoms with Crippen LogP contribution < -0.4 is 0 Å². The predicted octanol–water partition coefficient (Wildman–Crippen LogP) is 1.99. The highest BCUT2D eigenvalue weighted by Gasteiger charge is 2.19. The van der Waals surface area contributed by atoms with Gasteiger partial charge in [0.15, 0.2) is 0 Å². The molecule has 0 fully saturated rings. The van der Waals surface area contributed by atoms with Gasteiger partial charge in [-0.15, -0.1) is 0 Å². The SMILES string of the molecule is COC(=O)CCN(C)C(=O)c1cc([N+](=O)[O-])ccc1Br. The number of methoxy groups -OCH3 is 1. The summed E-state index contributed by atoms with van der Waals surface area (Å²) in [6, 6.07) is 3.94. The number of nitro groups is 1. The van der Waals surface area contributed by atoms with Crippen molar-refractivity contribution >= 4 is 33.5 Å². The van der Waals surface area contributed by atoms with E-state index in [1.165, 1.54) is 37.3 Å². The minimum Gasteiger partial charge on any atom is -0.469 e. The van der Waals surface area contributed by atoms with Crippen molar-refractivity contribution in [1.82, 2.24) is 4.90 Å². The van der Waals surface area contributed by atoms with Crippen LogP contribution in [-0.4, -0.2) is 42.4 Å². The van der Waals surface area contributed by atoms with Gasteiger partial charge in [-0.1, -0.05) is 0 Å². The van der Waals surface area contributed by atoms with Gasteiger partial charge in [-0.3, -0.25) is 19.7 Å². The topological polar surface area (TPSA) is 89.8 Å². The lowest BCUT2D eigenvalue weighted by Crippen LogP contribution is -2.29. The first-order valence-corrected chi connectivity index (χ1v) is 6.42. The number of halogens is 1. The third-order valence-electron chi connectivity index (χ3n) is 2.62. The second kappa shape index (κ2) is 6.99. The van der Waals surface area contributed by atoms with Gasteiger partial charge in [-0.25, -0.2) is 0 Å². The molecule has 8 heteroatoms. The molecule has 0 bridgehead atoms. The summed E-state index contributed by atoms with van der Waals surface area (Å²) in [5.74, 6) is -0.841. The minimum absolute atomic E-state index is 0.0608. The summed E-state index contributed by atoms with van der Waals surface area (Å²) in [4.78, 5) is 34.6. The van der Waals surface area contributed by atoms with E-state index in [9.17, 15) is 19.7 Å². The van der Waals surface area contributed by atoms with Crippen molar-refractivity contribution in [1.29, 1.82) is 0 Å². The van der Waals surface area contributed by atoms with Crippen LogP contribution in [0.1, 0.15) is 16.8 Å². The molecule has 1 rings (SSSR count). The summed E-state index contributed by atoms with van der Waals surface area (Å²) < 4.78 is 4.94. The van der Waals surface area contributed by atoms with Gasteiger partial charge in [0, 0.05) is 30.2 Å². The Morgan fingerprint density at radius 1 is 1.45 bits per heavy atom. The van der Waals surface area contributed by atoms with Gasteiger partial charge in [0.05, 0.1) is 24.0 Å². The van der Waals surface area contributed by atoms with Crippen molar-refractivity contribution in [3.05, 3.63) is 38.3 Å². The van der Waals surface area contributed by atoms with Crippen molar-refractivity contribution < 1.29 is 19.2 Å². The Balaban J connectivity index is 2.88. The van der Waals surface area contributed by atoms with E-state index in [2.05, 4.69) is 20.7 Å². The number of rotatable bonds is 5. The number of nitrogens with zero attached hydrogens (tertiary/aromatic N) is 2. The summed E-state index contributed by atoms with van der Waals surface area (Å²) in [6.45, 7) is 0.167. The number of benzene rings is 1. The highest BCUT2D eigenvalue weighted by molar-refractivity contribution is 9.10. The maximum atomic E-state index is 12.2. The lowest BCUT2D eigenvalue weighted by Gasteiger charge is -2.17. The lowest BCUT2D eigenvalue weighted by molar-refractivity contribution is -0.384. The van der Waals surface area contributed by atoms with Gasteiger partial charge in [-0.05, 0) is 22.0 Å². The molecule has 0 radical (unpaired) electrons. The molecule has 0 atom stereocenters. The smallest absolute Gasteiger partial charge is 0.307 e. The predicted molar refractivity (Wildman–Crippen MR) is 74.4 cm³/mol. The Labute approximate surface area is 123 Å². The molecule has 1 amide bonds. The largest absolute Gasteiger partial charge is 0.469 e. The average molecular weight is 345 g/mol. The van der Waals surface area contributed by atoms with E-state index in [4.69, 9.17) is 0 Å². The number of amides is 1. The molecule has 0 heterocycles. The highest BCUT2D eigenvalue weighted by atomic mass is 79.9. The van der Waals surface area contributed by atoms with Crippen LogP contribution in [-0.2, 0) is 9.53 Å². The Hall–Kier alpha value is -1.96. The average Bonchev–Trinajstić information content (AvgIpc) is 2.43. The maximum Gasteiger partial charge on any atom is 0.307 e. The number of ether oxygens (including phenoxy) is 1. The molecule has 0 aliphatic carbocycles. The van der Waals surface area contributed by atoms with Gasteiger partial charge < -0.3 is 9.64 Å². The number of hydrogen-bond donors (Lipinski definition) is 0. The van der Waals surface area contributed by atoms with Crippen molar-refractivity contribution in [3.8, 4) is 0 Å². The van der Waals surface area contributed by atoms with Crippen molar-refractivity contribution in [2.75, 3.05) is 20.7 Å². The van der Waals surface area contributed by atoms with Crippen LogP contribution in [0.15, 0.2) is 22.7 Å². The van der Waals surface area contributed by atoms with Crippen LogP contribution in [0.25, 0.3) is 0 Å². The van der Waals surface area contributed by atoms with Crippen molar-refractivity contribution in [3.63, 3.8) is 0 Å². The summed E-state index contributed by atoms with van der Waals surface area (Å²) in [7, 11) is 2.78. The van der Waals surface area contributed by atoms with E-state index in [1.54, 1.807) is 0 Å². The Bertz CT molecular complexity index is 547. The third kappa shape index (κ3) is 4.02. The van der Waals surface area contributed by atoms with Crippen LogP contribution in [0, 0.1) is 10.1 Å². The van der Waals surface area contributed by atoms with Crippen molar-refractivity contribution in [2.24, 2.45) is 0 Å². The number of carbonyl (C=O) groups is 2. The zero-order valence-electron chi connectivity index (χ0n) is 11.0. The molecule has 0 aliphatic rings. The van der Waals surface area contributed by atoms with E-state index in [1.807, 2.05) is 0 Å². The summed E-state index contributed by atoms with van der Waals surface area (Å²) in [6.07, 6.45) is 0.0608. The van der Waals surface area contributed by atoms with E-state index >= 15 is 0 Å². The Morgan fingerprint density at radius 2 is 2.10 bits per heavy atom. The molecule has 1 aromatic carbocycles. The summed E-state index contributed by atoms with van der Waals surface area (Å²) in [5, 5.41) is 10.7. The van der Waals surface area contributed by atoms with Gasteiger partial charge in [0.2, 0.25) is 0 Å². The molecular weight excluding hydrogens is 332 g/mol. The molecule has 20 heavy (non-hydrogen) atoms. The molecule has 1 aromatic rings. The minimum atomic E-state index is -0.572. The standard InChI is InChI=1S/C12H13BrN2O5/c1-14(6-5-11(16)20-2)12(17)9-7-8(15(18)19)3-4-10(9)13/h3-4,7H,5-6H2,1-2H3. The van der Waals surface area contributed by atoms with Crippen LogP contribution in [0.5, 0.6) is 0 Å². The molecule has 0 aromatic heterocycles. The molecular formula is C12H13BrN2O5. The van der Waals surface area contributed by atoms with Gasteiger partial charge in [0.1, 0.15) is 0 Å². The first kappa shape index (κ1) is 16.1. The molecule has 0 aliphatic heterocycles. The number of carbonyl (C=O) groups excluding carboxylic acids is 2. The van der Waals surface area contributed by atoms with Crippen LogP contribution >= 0.6 is 15.9 Å². The van der Waals surface area contributed by atoms with Gasteiger partial charge >= 0.3 is 5.97 Å². The molecule has 0 N–H and O–H groups in total. The maximum absolute atomic E-state index is 12.2. The van der Waals surface area contributed by atoms with Crippen LogP contribution in [0.2, 0.25) is 0 Å². The third-order valence-corrected chi connectivity index (χ3v) is 3.31. The first-order chi connectivity index (χ1) is 9.36. The molecule has 0 unspecified atom stereocenters. The number of esters is 1. The zero-order valence-corrected chi connectivity index (χ0v) is 12.5. The molecule has 0 spiro atoms. The quantitative estimate of drug-likeness (QED) is 0.463. The van der Waals surface area contributed by atoms with Crippen LogP contribution in [0.3, 0.4) is 0 Å². The van der Waals surface area contributed by atoms with Crippen LogP contribution in [0.4, 0.5) is 5.69 Å². The molecule has 108 valence electrons. The van der Waals surface area contributed by atoms with Gasteiger partial charge in [-0.2, -0.15) is 0 Å². The van der Waals surface area contributed by atoms with Crippen molar-refractivity contribution in [2.45, 2.75) is 6.42 Å². The zero-order chi connectivity index (χ0) is 15.3. The lowest BCUT2D eigenvalue weighted by atomic mass is 10.1. The van der Waals surface area contributed by atoms with E-state index in [0.29, 0.717) is 4.47 Å². The summed E-state index contributed by atoms with van der Waals surface area (Å²) >= 11 is 3.18. The number of hydrogen-bond acceptors (Lipinski definition) is 5. The molecule has 7 nitrogen and oxygen atoms in total. The Kier molecular flexibility index (Phi) is 5.63. The molecule has 0 saturated heterocycles.